The lowest BCUT2D eigenvalue weighted by Gasteiger charge is -2.13. The van der Waals surface area contributed by atoms with E-state index in [0.29, 0.717) is 39.1 Å². The Morgan fingerprint density at radius 3 is 2.70 bits per heavy atom. The van der Waals surface area contributed by atoms with Crippen LogP contribution in [0.5, 0.6) is 11.5 Å². The van der Waals surface area contributed by atoms with Crippen molar-refractivity contribution in [2.75, 3.05) is 26.3 Å². The Morgan fingerprint density at radius 2 is 2.04 bits per heavy atom. The van der Waals surface area contributed by atoms with Gasteiger partial charge in [-0.1, -0.05) is 6.07 Å². The van der Waals surface area contributed by atoms with Crippen molar-refractivity contribution in [3.8, 4) is 11.5 Å². The van der Waals surface area contributed by atoms with E-state index in [1.54, 1.807) is 0 Å². The predicted molar refractivity (Wildman–Crippen MR) is 87.9 cm³/mol. The van der Waals surface area contributed by atoms with E-state index in [4.69, 9.17) is 9.47 Å². The van der Waals surface area contributed by atoms with Gasteiger partial charge < -0.3 is 25.2 Å². The SMILES string of the molecule is CCOc1ccc(CCNC(=O)[C@H]2C[C@@H](O)CN2)cc1OCC. The van der Waals surface area contributed by atoms with Crippen molar-refractivity contribution < 1.29 is 19.4 Å². The van der Waals surface area contributed by atoms with Gasteiger partial charge >= 0.3 is 0 Å². The average molecular weight is 322 g/mol. The highest BCUT2D eigenvalue weighted by Gasteiger charge is 2.27. The van der Waals surface area contributed by atoms with Crippen molar-refractivity contribution >= 4 is 5.91 Å². The van der Waals surface area contributed by atoms with E-state index in [-0.39, 0.29) is 11.9 Å². The van der Waals surface area contributed by atoms with Crippen LogP contribution in [0.1, 0.15) is 25.8 Å². The summed E-state index contributed by atoms with van der Waals surface area (Å²) < 4.78 is 11.1. The number of rotatable bonds is 8. The van der Waals surface area contributed by atoms with E-state index in [2.05, 4.69) is 10.6 Å². The number of ether oxygens (including phenoxy) is 2. The summed E-state index contributed by atoms with van der Waals surface area (Å²) in [6.45, 7) is 6.08. The molecule has 3 N–H and O–H groups in total. The fourth-order valence-corrected chi connectivity index (χ4v) is 2.62. The minimum absolute atomic E-state index is 0.0579. The van der Waals surface area contributed by atoms with Crippen molar-refractivity contribution in [3.63, 3.8) is 0 Å². The molecule has 0 spiro atoms. The fraction of sp³-hybridized carbons (Fsp3) is 0.588. The first kappa shape index (κ1) is 17.6. The smallest absolute Gasteiger partial charge is 0.237 e. The zero-order valence-electron chi connectivity index (χ0n) is 13.8. The lowest BCUT2D eigenvalue weighted by atomic mass is 10.1. The molecule has 6 heteroatoms. The van der Waals surface area contributed by atoms with Crippen LogP contribution in [0.3, 0.4) is 0 Å². The first-order chi connectivity index (χ1) is 11.1. The van der Waals surface area contributed by atoms with Gasteiger partial charge in [0.1, 0.15) is 0 Å². The Bertz CT molecular complexity index is 521. The van der Waals surface area contributed by atoms with Gasteiger partial charge in [-0.3, -0.25) is 4.79 Å². The Morgan fingerprint density at radius 1 is 1.30 bits per heavy atom. The molecule has 6 nitrogen and oxygen atoms in total. The standard InChI is InChI=1S/C17H26N2O4/c1-3-22-15-6-5-12(9-16(15)23-4-2)7-8-18-17(21)14-10-13(20)11-19-14/h5-6,9,13-14,19-20H,3-4,7-8,10-11H2,1-2H3,(H,18,21)/t13-,14-/m1/s1. The van der Waals surface area contributed by atoms with Gasteiger partial charge in [-0.2, -0.15) is 0 Å². The van der Waals surface area contributed by atoms with Gasteiger partial charge in [0.15, 0.2) is 11.5 Å². The molecule has 1 saturated heterocycles. The van der Waals surface area contributed by atoms with Gasteiger partial charge in [0.05, 0.1) is 25.4 Å². The Hall–Kier alpha value is -1.79. The summed E-state index contributed by atoms with van der Waals surface area (Å²) in [6.07, 6.45) is 0.766. The second-order valence-electron chi connectivity index (χ2n) is 5.54. The Kier molecular flexibility index (Phi) is 6.67. The maximum atomic E-state index is 12.0. The summed E-state index contributed by atoms with van der Waals surface area (Å²) in [5.74, 6) is 1.42. The molecule has 1 aliphatic heterocycles. The topological polar surface area (TPSA) is 79.8 Å². The Balaban J connectivity index is 1.85. The highest BCUT2D eigenvalue weighted by atomic mass is 16.5. The van der Waals surface area contributed by atoms with Crippen LogP contribution in [-0.4, -0.2) is 49.5 Å². The number of hydrogen-bond donors (Lipinski definition) is 3. The molecular formula is C17H26N2O4. The van der Waals surface area contributed by atoms with E-state index >= 15 is 0 Å². The fourth-order valence-electron chi connectivity index (χ4n) is 2.62. The number of carbonyl (C=O) groups is 1. The van der Waals surface area contributed by atoms with Crippen LogP contribution in [-0.2, 0) is 11.2 Å². The minimum Gasteiger partial charge on any atom is -0.490 e. The number of hydrogen-bond acceptors (Lipinski definition) is 5. The summed E-state index contributed by atoms with van der Waals surface area (Å²) >= 11 is 0. The zero-order valence-corrected chi connectivity index (χ0v) is 13.8. The molecule has 1 aliphatic rings. The molecule has 0 saturated carbocycles. The maximum absolute atomic E-state index is 12.0. The van der Waals surface area contributed by atoms with Crippen LogP contribution in [0.2, 0.25) is 0 Å². The number of benzene rings is 1. The van der Waals surface area contributed by atoms with Crippen molar-refractivity contribution in [1.82, 2.24) is 10.6 Å². The van der Waals surface area contributed by atoms with E-state index in [1.807, 2.05) is 32.0 Å². The lowest BCUT2D eigenvalue weighted by Crippen LogP contribution is -2.41. The molecule has 1 fully saturated rings. The minimum atomic E-state index is -0.425. The summed E-state index contributed by atoms with van der Waals surface area (Å²) in [5.41, 5.74) is 1.08. The van der Waals surface area contributed by atoms with E-state index < -0.39 is 6.10 Å². The number of nitrogens with one attached hydrogen (secondary N) is 2. The van der Waals surface area contributed by atoms with Crippen molar-refractivity contribution in [1.29, 1.82) is 0 Å². The van der Waals surface area contributed by atoms with Crippen LogP contribution in [0, 0.1) is 0 Å². The first-order valence-corrected chi connectivity index (χ1v) is 8.21. The molecule has 1 aromatic carbocycles. The molecule has 0 unspecified atom stereocenters. The molecular weight excluding hydrogens is 296 g/mol. The van der Waals surface area contributed by atoms with Crippen LogP contribution >= 0.6 is 0 Å². The van der Waals surface area contributed by atoms with Gasteiger partial charge in [-0.05, 0) is 44.4 Å². The zero-order chi connectivity index (χ0) is 16.7. The van der Waals surface area contributed by atoms with Gasteiger partial charge in [-0.15, -0.1) is 0 Å². The second-order valence-corrected chi connectivity index (χ2v) is 5.54. The highest BCUT2D eigenvalue weighted by Crippen LogP contribution is 2.28. The summed E-state index contributed by atoms with van der Waals surface area (Å²) in [7, 11) is 0. The summed E-state index contributed by atoms with van der Waals surface area (Å²) in [6, 6.07) is 5.56. The quantitative estimate of drug-likeness (QED) is 0.662. The molecule has 2 rings (SSSR count). The molecule has 1 amide bonds. The Labute approximate surface area is 137 Å². The molecule has 1 heterocycles. The average Bonchev–Trinajstić information content (AvgIpc) is 2.97. The normalized spacial score (nSPS) is 20.3. The molecule has 2 atom stereocenters. The maximum Gasteiger partial charge on any atom is 0.237 e. The third-order valence-electron chi connectivity index (χ3n) is 3.74. The molecule has 0 bridgehead atoms. The lowest BCUT2D eigenvalue weighted by molar-refractivity contribution is -0.122. The molecule has 0 aromatic heterocycles. The van der Waals surface area contributed by atoms with Crippen LogP contribution in [0.4, 0.5) is 0 Å². The van der Waals surface area contributed by atoms with Crippen molar-refractivity contribution in [2.24, 2.45) is 0 Å². The monoisotopic (exact) mass is 322 g/mol. The summed E-state index contributed by atoms with van der Waals surface area (Å²) in [5, 5.41) is 15.3. The molecule has 0 radical (unpaired) electrons. The largest absolute Gasteiger partial charge is 0.490 e. The first-order valence-electron chi connectivity index (χ1n) is 8.21. The molecule has 23 heavy (non-hydrogen) atoms. The van der Waals surface area contributed by atoms with Gasteiger partial charge in [0, 0.05) is 13.1 Å². The van der Waals surface area contributed by atoms with Crippen molar-refractivity contribution in [2.45, 2.75) is 38.8 Å². The number of aliphatic hydroxyl groups excluding tert-OH is 1. The number of β-amino-alcohol motifs (C(OH)–C–C–N with tert-alkyl or cyclic N) is 1. The molecule has 0 aliphatic carbocycles. The third kappa shape index (κ3) is 5.11. The van der Waals surface area contributed by atoms with Gasteiger partial charge in [0.25, 0.3) is 0 Å². The van der Waals surface area contributed by atoms with Crippen LogP contribution < -0.4 is 20.1 Å². The highest BCUT2D eigenvalue weighted by molar-refractivity contribution is 5.82. The van der Waals surface area contributed by atoms with Gasteiger partial charge in [0.2, 0.25) is 5.91 Å². The van der Waals surface area contributed by atoms with E-state index in [9.17, 15) is 9.90 Å². The third-order valence-corrected chi connectivity index (χ3v) is 3.74. The van der Waals surface area contributed by atoms with Crippen LogP contribution in [0.25, 0.3) is 0 Å². The van der Waals surface area contributed by atoms with Gasteiger partial charge in [-0.25, -0.2) is 0 Å². The summed E-state index contributed by atoms with van der Waals surface area (Å²) in [4.78, 5) is 12.0. The number of carbonyl (C=O) groups excluding carboxylic acids is 1. The molecule has 128 valence electrons. The van der Waals surface area contributed by atoms with Crippen LogP contribution in [0.15, 0.2) is 18.2 Å². The predicted octanol–water partition coefficient (Wildman–Crippen LogP) is 0.866. The van der Waals surface area contributed by atoms with E-state index in [1.165, 1.54) is 0 Å². The van der Waals surface area contributed by atoms with E-state index in [0.717, 1.165) is 17.1 Å². The molecule has 1 aromatic rings. The second kappa shape index (κ2) is 8.74. The van der Waals surface area contributed by atoms with Crippen molar-refractivity contribution in [3.05, 3.63) is 23.8 Å². The number of amides is 1. The number of aliphatic hydroxyl groups is 1.